The minimum absolute atomic E-state index is 0.104. The molecule has 0 saturated heterocycles. The molecule has 0 fully saturated rings. The molecule has 18 heavy (non-hydrogen) atoms. The molecular formula is C14H14F2N2. The second kappa shape index (κ2) is 4.64. The Balaban J connectivity index is 2.40. The normalized spacial score (nSPS) is 10.4. The summed E-state index contributed by atoms with van der Waals surface area (Å²) in [6.45, 7) is 3.39. The highest BCUT2D eigenvalue weighted by molar-refractivity contribution is 5.67. The summed E-state index contributed by atoms with van der Waals surface area (Å²) in [5.41, 5.74) is 8.19. The van der Waals surface area contributed by atoms with Crippen molar-refractivity contribution >= 4 is 17.1 Å². The minimum Gasteiger partial charge on any atom is -0.399 e. The first kappa shape index (κ1) is 12.4. The standard InChI is InChI=1S/C14H14F2N2/c1-8-3-4-10(17)6-13(8)18-14-7-11(15)9(2)5-12(14)16/h3-7,18H,17H2,1-2H3. The van der Waals surface area contributed by atoms with Gasteiger partial charge in [0.25, 0.3) is 0 Å². The van der Waals surface area contributed by atoms with Gasteiger partial charge in [-0.25, -0.2) is 8.78 Å². The number of aryl methyl sites for hydroxylation is 2. The fraction of sp³-hybridized carbons (Fsp3) is 0.143. The third-order valence-electron chi connectivity index (χ3n) is 2.78. The van der Waals surface area contributed by atoms with Gasteiger partial charge in [-0.05, 0) is 43.2 Å². The first-order valence-corrected chi connectivity index (χ1v) is 5.56. The van der Waals surface area contributed by atoms with Crippen molar-refractivity contribution in [3.8, 4) is 0 Å². The molecule has 0 atom stereocenters. The monoisotopic (exact) mass is 248 g/mol. The molecule has 0 radical (unpaired) electrons. The van der Waals surface area contributed by atoms with E-state index in [2.05, 4.69) is 5.32 Å². The zero-order valence-electron chi connectivity index (χ0n) is 10.2. The summed E-state index contributed by atoms with van der Waals surface area (Å²) in [4.78, 5) is 0. The second-order valence-corrected chi connectivity index (χ2v) is 4.28. The van der Waals surface area contributed by atoms with Crippen LogP contribution in [0.4, 0.5) is 25.8 Å². The van der Waals surface area contributed by atoms with Gasteiger partial charge in [-0.3, -0.25) is 0 Å². The van der Waals surface area contributed by atoms with E-state index in [1.165, 1.54) is 13.0 Å². The van der Waals surface area contributed by atoms with E-state index < -0.39 is 11.6 Å². The Morgan fingerprint density at radius 3 is 2.33 bits per heavy atom. The van der Waals surface area contributed by atoms with Crippen LogP contribution in [0, 0.1) is 25.5 Å². The maximum atomic E-state index is 13.7. The topological polar surface area (TPSA) is 38.0 Å². The lowest BCUT2D eigenvalue weighted by Gasteiger charge is -2.12. The molecule has 4 heteroatoms. The van der Waals surface area contributed by atoms with Gasteiger partial charge in [0.2, 0.25) is 0 Å². The number of hydrogen-bond acceptors (Lipinski definition) is 2. The fourth-order valence-corrected chi connectivity index (χ4v) is 1.66. The summed E-state index contributed by atoms with van der Waals surface area (Å²) in [5, 5.41) is 2.85. The number of nitrogens with two attached hydrogens (primary N) is 1. The van der Waals surface area contributed by atoms with Crippen molar-refractivity contribution in [3.63, 3.8) is 0 Å². The van der Waals surface area contributed by atoms with Gasteiger partial charge >= 0.3 is 0 Å². The number of benzene rings is 2. The molecular weight excluding hydrogens is 234 g/mol. The van der Waals surface area contributed by atoms with Crippen LogP contribution in [-0.2, 0) is 0 Å². The molecule has 2 nitrogen and oxygen atoms in total. The van der Waals surface area contributed by atoms with Crippen LogP contribution in [0.3, 0.4) is 0 Å². The van der Waals surface area contributed by atoms with Crippen molar-refractivity contribution in [1.29, 1.82) is 0 Å². The van der Waals surface area contributed by atoms with E-state index in [1.807, 2.05) is 13.0 Å². The fourth-order valence-electron chi connectivity index (χ4n) is 1.66. The highest BCUT2D eigenvalue weighted by atomic mass is 19.1. The SMILES string of the molecule is Cc1cc(F)c(Nc2cc(N)ccc2C)cc1F. The predicted molar refractivity (Wildman–Crippen MR) is 70.0 cm³/mol. The summed E-state index contributed by atoms with van der Waals surface area (Å²) < 4.78 is 27.1. The number of rotatable bonds is 2. The molecule has 0 unspecified atom stereocenters. The van der Waals surface area contributed by atoms with Gasteiger partial charge in [0.1, 0.15) is 11.6 Å². The molecule has 0 aliphatic carbocycles. The Kier molecular flexibility index (Phi) is 3.19. The highest BCUT2D eigenvalue weighted by Crippen LogP contribution is 2.26. The van der Waals surface area contributed by atoms with Crippen molar-refractivity contribution in [2.24, 2.45) is 0 Å². The lowest BCUT2D eigenvalue weighted by Crippen LogP contribution is -1.99. The Morgan fingerprint density at radius 1 is 0.889 bits per heavy atom. The van der Waals surface area contributed by atoms with Gasteiger partial charge in [0, 0.05) is 17.4 Å². The quantitative estimate of drug-likeness (QED) is 0.791. The van der Waals surface area contributed by atoms with Crippen LogP contribution < -0.4 is 11.1 Å². The molecule has 2 aromatic rings. The molecule has 0 aliphatic rings. The molecule has 0 saturated carbocycles. The summed E-state index contributed by atoms with van der Waals surface area (Å²) in [7, 11) is 0. The van der Waals surface area contributed by atoms with Gasteiger partial charge in [-0.1, -0.05) is 6.07 Å². The number of nitrogens with one attached hydrogen (secondary N) is 1. The summed E-state index contributed by atoms with van der Waals surface area (Å²) in [6.07, 6.45) is 0. The van der Waals surface area contributed by atoms with Crippen LogP contribution in [0.2, 0.25) is 0 Å². The Morgan fingerprint density at radius 2 is 1.61 bits per heavy atom. The maximum absolute atomic E-state index is 13.7. The number of hydrogen-bond donors (Lipinski definition) is 2. The molecule has 0 heterocycles. The van der Waals surface area contributed by atoms with Gasteiger partial charge < -0.3 is 11.1 Å². The number of nitrogen functional groups attached to an aromatic ring is 1. The van der Waals surface area contributed by atoms with Crippen molar-refractivity contribution in [1.82, 2.24) is 0 Å². The highest BCUT2D eigenvalue weighted by Gasteiger charge is 2.08. The average molecular weight is 248 g/mol. The molecule has 2 aromatic carbocycles. The lowest BCUT2D eigenvalue weighted by molar-refractivity contribution is 0.595. The van der Waals surface area contributed by atoms with Gasteiger partial charge in [-0.2, -0.15) is 0 Å². The summed E-state index contributed by atoms with van der Waals surface area (Å²) in [6, 6.07) is 7.58. The van der Waals surface area contributed by atoms with E-state index in [-0.39, 0.29) is 11.3 Å². The molecule has 94 valence electrons. The van der Waals surface area contributed by atoms with Crippen LogP contribution in [0.25, 0.3) is 0 Å². The molecule has 0 aromatic heterocycles. The first-order valence-electron chi connectivity index (χ1n) is 5.56. The Bertz CT molecular complexity index is 595. The maximum Gasteiger partial charge on any atom is 0.147 e. The second-order valence-electron chi connectivity index (χ2n) is 4.28. The van der Waals surface area contributed by atoms with Gasteiger partial charge in [0.15, 0.2) is 0 Å². The van der Waals surface area contributed by atoms with Crippen molar-refractivity contribution in [2.75, 3.05) is 11.1 Å². The molecule has 0 bridgehead atoms. The van der Waals surface area contributed by atoms with Crippen molar-refractivity contribution < 1.29 is 8.78 Å². The minimum atomic E-state index is -0.490. The third-order valence-corrected chi connectivity index (χ3v) is 2.78. The average Bonchev–Trinajstić information content (AvgIpc) is 2.30. The lowest BCUT2D eigenvalue weighted by atomic mass is 10.1. The Hall–Kier alpha value is -2.10. The number of anilines is 3. The van der Waals surface area contributed by atoms with Crippen LogP contribution in [-0.4, -0.2) is 0 Å². The third kappa shape index (κ3) is 2.42. The van der Waals surface area contributed by atoms with E-state index in [0.29, 0.717) is 11.4 Å². The van der Waals surface area contributed by atoms with Crippen molar-refractivity contribution in [3.05, 3.63) is 53.1 Å². The molecule has 0 aliphatic heterocycles. The van der Waals surface area contributed by atoms with Gasteiger partial charge in [-0.15, -0.1) is 0 Å². The van der Waals surface area contributed by atoms with E-state index in [9.17, 15) is 8.78 Å². The molecule has 3 N–H and O–H groups in total. The number of halogens is 2. The first-order chi connectivity index (χ1) is 8.47. The zero-order valence-corrected chi connectivity index (χ0v) is 10.2. The van der Waals surface area contributed by atoms with E-state index >= 15 is 0 Å². The summed E-state index contributed by atoms with van der Waals surface area (Å²) in [5.74, 6) is -0.934. The van der Waals surface area contributed by atoms with Gasteiger partial charge in [0.05, 0.1) is 5.69 Å². The molecule has 2 rings (SSSR count). The van der Waals surface area contributed by atoms with Crippen molar-refractivity contribution in [2.45, 2.75) is 13.8 Å². The molecule has 0 spiro atoms. The van der Waals surface area contributed by atoms with Crippen LogP contribution in [0.15, 0.2) is 30.3 Å². The van der Waals surface area contributed by atoms with Crippen LogP contribution >= 0.6 is 0 Å². The predicted octanol–water partition coefficient (Wildman–Crippen LogP) is 3.91. The summed E-state index contributed by atoms with van der Waals surface area (Å²) >= 11 is 0. The Labute approximate surface area is 104 Å². The smallest absolute Gasteiger partial charge is 0.147 e. The largest absolute Gasteiger partial charge is 0.399 e. The molecule has 0 amide bonds. The van der Waals surface area contributed by atoms with E-state index in [1.54, 1.807) is 12.1 Å². The van der Waals surface area contributed by atoms with E-state index in [0.717, 1.165) is 11.6 Å². The van der Waals surface area contributed by atoms with Crippen LogP contribution in [0.1, 0.15) is 11.1 Å². The van der Waals surface area contributed by atoms with E-state index in [4.69, 9.17) is 5.73 Å². The van der Waals surface area contributed by atoms with Crippen LogP contribution in [0.5, 0.6) is 0 Å². The zero-order chi connectivity index (χ0) is 13.3.